The predicted octanol–water partition coefficient (Wildman–Crippen LogP) is 6.31. The van der Waals surface area contributed by atoms with E-state index < -0.39 is 11.9 Å². The van der Waals surface area contributed by atoms with E-state index in [9.17, 15) is 14.0 Å². The number of benzene rings is 2. The van der Waals surface area contributed by atoms with Crippen molar-refractivity contribution in [2.24, 2.45) is 0 Å². The van der Waals surface area contributed by atoms with Gasteiger partial charge in [0.05, 0.1) is 25.3 Å². The first-order valence-corrected chi connectivity index (χ1v) is 12.2. The lowest BCUT2D eigenvalue weighted by Gasteiger charge is -2.22. The zero-order valence-electron chi connectivity index (χ0n) is 20.0. The molecule has 0 N–H and O–H groups in total. The Labute approximate surface area is 211 Å². The SMILES string of the molecule is CCOC(=O)Cc1ccc(-c2nc(-c3onc(C)c3N(C(=O)OCC)c3ccccc3F)cs2)cc1. The molecule has 186 valence electrons. The zero-order chi connectivity index (χ0) is 25.7. The zero-order valence-corrected chi connectivity index (χ0v) is 20.8. The average molecular weight is 510 g/mol. The molecule has 0 radical (unpaired) electrons. The number of anilines is 2. The molecule has 0 aliphatic heterocycles. The van der Waals surface area contributed by atoms with Crippen molar-refractivity contribution < 1.29 is 28.0 Å². The molecular formula is C26H24FN3O5S. The third-order valence-electron chi connectivity index (χ3n) is 5.19. The van der Waals surface area contributed by atoms with E-state index >= 15 is 0 Å². The van der Waals surface area contributed by atoms with Crippen molar-refractivity contribution in [3.8, 4) is 22.0 Å². The molecule has 0 bridgehead atoms. The van der Waals surface area contributed by atoms with Crippen LogP contribution in [0.15, 0.2) is 58.4 Å². The number of nitrogens with zero attached hydrogens (tertiary/aromatic N) is 3. The minimum atomic E-state index is -0.761. The van der Waals surface area contributed by atoms with Crippen LogP contribution in [0, 0.1) is 12.7 Å². The van der Waals surface area contributed by atoms with Gasteiger partial charge >= 0.3 is 12.1 Å². The van der Waals surface area contributed by atoms with Crippen LogP contribution >= 0.6 is 11.3 Å². The Morgan fingerprint density at radius 1 is 1.06 bits per heavy atom. The average Bonchev–Trinajstić information content (AvgIpc) is 3.49. The first-order valence-electron chi connectivity index (χ1n) is 11.3. The number of para-hydroxylation sites is 1. The molecule has 0 fully saturated rings. The Balaban J connectivity index is 1.68. The molecule has 0 aliphatic rings. The van der Waals surface area contributed by atoms with Crippen LogP contribution in [-0.2, 0) is 20.7 Å². The van der Waals surface area contributed by atoms with Gasteiger partial charge in [0, 0.05) is 10.9 Å². The highest BCUT2D eigenvalue weighted by molar-refractivity contribution is 7.13. The van der Waals surface area contributed by atoms with E-state index in [1.54, 1.807) is 32.2 Å². The van der Waals surface area contributed by atoms with E-state index in [-0.39, 0.29) is 36.1 Å². The maximum atomic E-state index is 14.7. The van der Waals surface area contributed by atoms with Gasteiger partial charge in [-0.3, -0.25) is 4.79 Å². The molecule has 4 aromatic rings. The second-order valence-corrected chi connectivity index (χ2v) is 8.51. The highest BCUT2D eigenvalue weighted by Gasteiger charge is 2.31. The summed E-state index contributed by atoms with van der Waals surface area (Å²) in [4.78, 5) is 30.4. The summed E-state index contributed by atoms with van der Waals surface area (Å²) in [5.74, 6) is -0.666. The van der Waals surface area contributed by atoms with Crippen LogP contribution in [-0.4, -0.2) is 35.4 Å². The van der Waals surface area contributed by atoms with Gasteiger partial charge in [-0.1, -0.05) is 41.6 Å². The summed E-state index contributed by atoms with van der Waals surface area (Å²) >= 11 is 1.37. The summed E-state index contributed by atoms with van der Waals surface area (Å²) in [5.41, 5.74) is 2.74. The highest BCUT2D eigenvalue weighted by atomic mass is 32.1. The molecule has 2 aromatic carbocycles. The van der Waals surface area contributed by atoms with Gasteiger partial charge in [-0.15, -0.1) is 11.3 Å². The van der Waals surface area contributed by atoms with Crippen LogP contribution in [0.25, 0.3) is 22.0 Å². The Bertz CT molecular complexity index is 1370. The second kappa shape index (κ2) is 11.1. The monoisotopic (exact) mass is 509 g/mol. The standard InChI is InChI=1S/C26H24FN3O5S/c1-4-33-22(31)14-17-10-12-18(13-11-17)25-28-20(15-36-25)24-23(16(3)29-35-24)30(26(32)34-5-2)21-9-7-6-8-19(21)27/h6-13,15H,4-5,14H2,1-3H3. The van der Waals surface area contributed by atoms with E-state index in [4.69, 9.17) is 14.0 Å². The highest BCUT2D eigenvalue weighted by Crippen LogP contribution is 2.40. The van der Waals surface area contributed by atoms with E-state index in [1.165, 1.54) is 29.5 Å². The summed E-state index contributed by atoms with van der Waals surface area (Å²) in [6.45, 7) is 5.54. The minimum absolute atomic E-state index is 0.0103. The van der Waals surface area contributed by atoms with Gasteiger partial charge < -0.3 is 14.0 Å². The topological polar surface area (TPSA) is 94.8 Å². The molecule has 1 amide bonds. The molecule has 0 aliphatic carbocycles. The number of carbonyl (C=O) groups excluding carboxylic acids is 2. The van der Waals surface area contributed by atoms with E-state index in [2.05, 4.69) is 10.1 Å². The Morgan fingerprint density at radius 3 is 2.47 bits per heavy atom. The fourth-order valence-electron chi connectivity index (χ4n) is 3.58. The normalized spacial score (nSPS) is 10.8. The lowest BCUT2D eigenvalue weighted by Crippen LogP contribution is -2.28. The number of halogens is 1. The van der Waals surface area contributed by atoms with Gasteiger partial charge in [0.1, 0.15) is 27.9 Å². The molecular weight excluding hydrogens is 485 g/mol. The third-order valence-corrected chi connectivity index (χ3v) is 6.08. The Hall–Kier alpha value is -4.05. The van der Waals surface area contributed by atoms with Crippen LogP contribution in [0.1, 0.15) is 25.1 Å². The number of thiazole rings is 1. The quantitative estimate of drug-likeness (QED) is 0.257. The van der Waals surface area contributed by atoms with Crippen LogP contribution in [0.5, 0.6) is 0 Å². The number of aryl methyl sites for hydroxylation is 1. The largest absolute Gasteiger partial charge is 0.466 e. The lowest BCUT2D eigenvalue weighted by atomic mass is 10.1. The molecule has 10 heteroatoms. The van der Waals surface area contributed by atoms with E-state index in [0.29, 0.717) is 23.0 Å². The molecule has 36 heavy (non-hydrogen) atoms. The van der Waals surface area contributed by atoms with Crippen LogP contribution in [0.2, 0.25) is 0 Å². The number of ether oxygens (including phenoxy) is 2. The minimum Gasteiger partial charge on any atom is -0.466 e. The van der Waals surface area contributed by atoms with Gasteiger partial charge in [0.25, 0.3) is 0 Å². The molecule has 0 saturated carbocycles. The van der Waals surface area contributed by atoms with Gasteiger partial charge in [-0.05, 0) is 38.5 Å². The van der Waals surface area contributed by atoms with Crippen LogP contribution in [0.4, 0.5) is 20.6 Å². The van der Waals surface area contributed by atoms with Crippen molar-refractivity contribution in [2.45, 2.75) is 27.2 Å². The summed E-state index contributed by atoms with van der Waals surface area (Å²) in [7, 11) is 0. The van der Waals surface area contributed by atoms with Crippen LogP contribution < -0.4 is 4.90 Å². The summed E-state index contributed by atoms with van der Waals surface area (Å²) in [6.07, 6.45) is -0.569. The third kappa shape index (κ3) is 5.28. The number of carbonyl (C=O) groups is 2. The summed E-state index contributed by atoms with van der Waals surface area (Å²) < 4.78 is 30.5. The van der Waals surface area contributed by atoms with Crippen LogP contribution in [0.3, 0.4) is 0 Å². The van der Waals surface area contributed by atoms with Crippen molar-refractivity contribution in [1.29, 1.82) is 0 Å². The first-order chi connectivity index (χ1) is 17.4. The summed E-state index contributed by atoms with van der Waals surface area (Å²) in [6, 6.07) is 13.3. The first kappa shape index (κ1) is 25.1. The Kier molecular flexibility index (Phi) is 7.74. The van der Waals surface area contributed by atoms with E-state index in [1.807, 2.05) is 24.3 Å². The van der Waals surface area contributed by atoms with Gasteiger partial charge in [-0.25, -0.2) is 19.1 Å². The molecule has 0 unspecified atom stereocenters. The number of amides is 1. The number of hydrogen-bond acceptors (Lipinski definition) is 8. The fourth-order valence-corrected chi connectivity index (χ4v) is 4.39. The van der Waals surface area contributed by atoms with Gasteiger partial charge in [0.2, 0.25) is 5.76 Å². The number of aromatic nitrogens is 2. The lowest BCUT2D eigenvalue weighted by molar-refractivity contribution is -0.142. The Morgan fingerprint density at radius 2 is 1.78 bits per heavy atom. The smallest absolute Gasteiger partial charge is 0.419 e. The van der Waals surface area contributed by atoms with Gasteiger partial charge in [-0.2, -0.15) is 0 Å². The van der Waals surface area contributed by atoms with Gasteiger partial charge in [0.15, 0.2) is 0 Å². The number of esters is 1. The molecule has 0 atom stereocenters. The van der Waals surface area contributed by atoms with Crippen molar-refractivity contribution in [3.05, 3.63) is 71.0 Å². The number of hydrogen-bond donors (Lipinski definition) is 0. The molecule has 8 nitrogen and oxygen atoms in total. The predicted molar refractivity (Wildman–Crippen MR) is 134 cm³/mol. The maximum absolute atomic E-state index is 14.7. The van der Waals surface area contributed by atoms with Crippen molar-refractivity contribution in [2.75, 3.05) is 18.1 Å². The molecule has 2 aromatic heterocycles. The molecule has 2 heterocycles. The molecule has 0 saturated heterocycles. The molecule has 0 spiro atoms. The van der Waals surface area contributed by atoms with Crippen molar-refractivity contribution in [1.82, 2.24) is 10.1 Å². The summed E-state index contributed by atoms with van der Waals surface area (Å²) in [5, 5.41) is 6.49. The maximum Gasteiger partial charge on any atom is 0.419 e. The number of rotatable bonds is 8. The second-order valence-electron chi connectivity index (χ2n) is 7.65. The van der Waals surface area contributed by atoms with Crippen molar-refractivity contribution >= 4 is 34.8 Å². The molecule has 4 rings (SSSR count). The fraction of sp³-hybridized carbons (Fsp3) is 0.231. The van der Waals surface area contributed by atoms with E-state index in [0.717, 1.165) is 16.0 Å². The van der Waals surface area contributed by atoms with Crippen molar-refractivity contribution in [3.63, 3.8) is 0 Å².